The fraction of sp³-hybridized carbons (Fsp3) is 0.857. The second kappa shape index (κ2) is 10.9. The van der Waals surface area contributed by atoms with Crippen LogP contribution in [0.1, 0.15) is 51.9 Å². The highest BCUT2D eigenvalue weighted by molar-refractivity contribution is 5.85. The Morgan fingerprint density at radius 3 is 2.45 bits per heavy atom. The summed E-state index contributed by atoms with van der Waals surface area (Å²) in [5.41, 5.74) is 5.73. The highest BCUT2D eigenvalue weighted by atomic mass is 35.5. The summed E-state index contributed by atoms with van der Waals surface area (Å²) in [7, 11) is 0. The van der Waals surface area contributed by atoms with Crippen molar-refractivity contribution in [2.45, 2.75) is 57.9 Å². The number of hydrogen-bond acceptors (Lipinski definition) is 3. The zero-order chi connectivity index (χ0) is 14.1. The number of nitrogens with two attached hydrogens (primary N) is 1. The lowest BCUT2D eigenvalue weighted by atomic mass is 9.84. The zero-order valence-corrected chi connectivity index (χ0v) is 13.1. The van der Waals surface area contributed by atoms with Crippen LogP contribution in [0.4, 0.5) is 0 Å². The Morgan fingerprint density at radius 1 is 1.15 bits per heavy atom. The van der Waals surface area contributed by atoms with E-state index < -0.39 is 0 Å². The lowest BCUT2D eigenvalue weighted by Crippen LogP contribution is -2.44. The predicted octanol–water partition coefficient (Wildman–Crippen LogP) is 1.35. The van der Waals surface area contributed by atoms with Crippen LogP contribution in [0.25, 0.3) is 0 Å². The Bertz CT molecular complexity index is 300. The van der Waals surface area contributed by atoms with Crippen molar-refractivity contribution < 1.29 is 9.59 Å². The third-order valence-corrected chi connectivity index (χ3v) is 3.71. The Balaban J connectivity index is 0.00000361. The molecule has 1 rings (SSSR count). The van der Waals surface area contributed by atoms with Crippen molar-refractivity contribution in [3.8, 4) is 0 Å². The lowest BCUT2D eigenvalue weighted by Gasteiger charge is -2.31. The molecule has 0 saturated heterocycles. The van der Waals surface area contributed by atoms with Crippen LogP contribution < -0.4 is 16.4 Å². The summed E-state index contributed by atoms with van der Waals surface area (Å²) in [6.45, 7) is 3.31. The fourth-order valence-corrected chi connectivity index (χ4v) is 2.54. The van der Waals surface area contributed by atoms with Gasteiger partial charge in [0.1, 0.15) is 0 Å². The van der Waals surface area contributed by atoms with Gasteiger partial charge in [-0.2, -0.15) is 0 Å². The number of carbonyl (C=O) groups excluding carboxylic acids is 2. The van der Waals surface area contributed by atoms with Gasteiger partial charge in [-0.1, -0.05) is 19.8 Å². The van der Waals surface area contributed by atoms with Crippen molar-refractivity contribution >= 4 is 24.2 Å². The maximum absolute atomic E-state index is 11.8. The van der Waals surface area contributed by atoms with E-state index >= 15 is 0 Å². The van der Waals surface area contributed by atoms with Crippen molar-refractivity contribution in [3.63, 3.8) is 0 Å². The zero-order valence-electron chi connectivity index (χ0n) is 12.3. The van der Waals surface area contributed by atoms with E-state index in [2.05, 4.69) is 10.6 Å². The average molecular weight is 306 g/mol. The Hall–Kier alpha value is -0.810. The maximum Gasteiger partial charge on any atom is 0.220 e. The number of halogens is 1. The van der Waals surface area contributed by atoms with Crippen LogP contribution in [0.2, 0.25) is 0 Å². The highest BCUT2D eigenvalue weighted by Gasteiger charge is 2.25. The number of nitrogens with one attached hydrogen (secondary N) is 2. The Morgan fingerprint density at radius 2 is 1.80 bits per heavy atom. The van der Waals surface area contributed by atoms with Gasteiger partial charge in [-0.25, -0.2) is 0 Å². The summed E-state index contributed by atoms with van der Waals surface area (Å²) in [5, 5.41) is 5.80. The standard InChI is InChI=1S/C14H27N3O2.ClH/c1-2-9-16-13(18)7-8-14(19)17-12-6-4-3-5-11(12)10-15;/h11-12H,2-10,15H2,1H3,(H,16,18)(H,17,19);1H. The monoisotopic (exact) mass is 305 g/mol. The Kier molecular flexibility index (Phi) is 10.5. The lowest BCUT2D eigenvalue weighted by molar-refractivity contribution is -0.127. The summed E-state index contributed by atoms with van der Waals surface area (Å²) in [4.78, 5) is 23.2. The number of rotatable bonds is 7. The SMILES string of the molecule is CCCNC(=O)CCC(=O)NC1CCCCC1CN.Cl. The summed E-state index contributed by atoms with van der Waals surface area (Å²) in [6.07, 6.45) is 5.91. The van der Waals surface area contributed by atoms with Gasteiger partial charge in [0, 0.05) is 25.4 Å². The molecule has 1 aliphatic carbocycles. The molecular weight excluding hydrogens is 278 g/mol. The maximum atomic E-state index is 11.8. The van der Waals surface area contributed by atoms with Crippen molar-refractivity contribution in [2.24, 2.45) is 11.7 Å². The van der Waals surface area contributed by atoms with E-state index in [-0.39, 0.29) is 43.1 Å². The largest absolute Gasteiger partial charge is 0.356 e. The van der Waals surface area contributed by atoms with E-state index in [1.807, 2.05) is 6.92 Å². The molecule has 0 aromatic carbocycles. The van der Waals surface area contributed by atoms with E-state index in [0.29, 0.717) is 19.0 Å². The molecule has 1 saturated carbocycles. The van der Waals surface area contributed by atoms with Gasteiger partial charge in [0.25, 0.3) is 0 Å². The summed E-state index contributed by atoms with van der Waals surface area (Å²) in [6, 6.07) is 0.199. The van der Waals surface area contributed by atoms with Crippen LogP contribution in [0.15, 0.2) is 0 Å². The van der Waals surface area contributed by atoms with Crippen molar-refractivity contribution in [1.29, 1.82) is 0 Å². The van der Waals surface area contributed by atoms with E-state index in [9.17, 15) is 9.59 Å². The molecule has 1 aliphatic rings. The molecule has 4 N–H and O–H groups in total. The number of hydrogen-bond donors (Lipinski definition) is 3. The van der Waals surface area contributed by atoms with E-state index in [1.165, 1.54) is 6.42 Å². The molecule has 0 aromatic rings. The highest BCUT2D eigenvalue weighted by Crippen LogP contribution is 2.23. The van der Waals surface area contributed by atoms with Gasteiger partial charge in [0.05, 0.1) is 0 Å². The third-order valence-electron chi connectivity index (χ3n) is 3.71. The van der Waals surface area contributed by atoms with Crippen LogP contribution in [-0.4, -0.2) is 30.9 Å². The molecule has 20 heavy (non-hydrogen) atoms. The van der Waals surface area contributed by atoms with Gasteiger partial charge < -0.3 is 16.4 Å². The molecule has 0 spiro atoms. The van der Waals surface area contributed by atoms with E-state index in [4.69, 9.17) is 5.73 Å². The van der Waals surface area contributed by atoms with Crippen LogP contribution in [0.5, 0.6) is 0 Å². The van der Waals surface area contributed by atoms with Crippen LogP contribution in [-0.2, 0) is 9.59 Å². The summed E-state index contributed by atoms with van der Waals surface area (Å²) >= 11 is 0. The topological polar surface area (TPSA) is 84.2 Å². The van der Waals surface area contributed by atoms with Gasteiger partial charge in [-0.15, -0.1) is 12.4 Å². The van der Waals surface area contributed by atoms with Gasteiger partial charge in [-0.3, -0.25) is 9.59 Å². The van der Waals surface area contributed by atoms with Crippen LogP contribution in [0.3, 0.4) is 0 Å². The molecule has 0 aromatic heterocycles. The number of amides is 2. The van der Waals surface area contributed by atoms with Gasteiger partial charge in [0.2, 0.25) is 11.8 Å². The molecule has 2 unspecified atom stereocenters. The molecular formula is C14H28ClN3O2. The van der Waals surface area contributed by atoms with E-state index in [0.717, 1.165) is 25.7 Å². The molecule has 2 atom stereocenters. The molecule has 0 heterocycles. The smallest absolute Gasteiger partial charge is 0.220 e. The van der Waals surface area contributed by atoms with Crippen LogP contribution >= 0.6 is 12.4 Å². The number of carbonyl (C=O) groups is 2. The minimum atomic E-state index is -0.0454. The molecule has 0 bridgehead atoms. The second-order valence-corrected chi connectivity index (χ2v) is 5.30. The molecule has 6 heteroatoms. The van der Waals surface area contributed by atoms with E-state index in [1.54, 1.807) is 0 Å². The molecule has 2 amide bonds. The second-order valence-electron chi connectivity index (χ2n) is 5.30. The summed E-state index contributed by atoms with van der Waals surface area (Å²) < 4.78 is 0. The van der Waals surface area contributed by atoms with Crippen molar-refractivity contribution in [3.05, 3.63) is 0 Å². The first kappa shape index (κ1) is 19.2. The van der Waals surface area contributed by atoms with Gasteiger partial charge in [0.15, 0.2) is 0 Å². The molecule has 5 nitrogen and oxygen atoms in total. The quantitative estimate of drug-likeness (QED) is 0.664. The molecule has 1 fully saturated rings. The predicted molar refractivity (Wildman–Crippen MR) is 82.7 cm³/mol. The molecule has 0 aliphatic heterocycles. The first-order chi connectivity index (χ1) is 9.17. The minimum Gasteiger partial charge on any atom is -0.356 e. The fourth-order valence-electron chi connectivity index (χ4n) is 2.54. The minimum absolute atomic E-state index is 0. The molecule has 118 valence electrons. The van der Waals surface area contributed by atoms with Crippen molar-refractivity contribution in [1.82, 2.24) is 10.6 Å². The first-order valence-electron chi connectivity index (χ1n) is 7.43. The first-order valence-corrected chi connectivity index (χ1v) is 7.43. The normalized spacial score (nSPS) is 21.7. The molecule has 0 radical (unpaired) electrons. The average Bonchev–Trinajstić information content (AvgIpc) is 2.43. The van der Waals surface area contributed by atoms with Gasteiger partial charge >= 0.3 is 0 Å². The third kappa shape index (κ3) is 7.10. The summed E-state index contributed by atoms with van der Waals surface area (Å²) in [5.74, 6) is 0.319. The Labute approximate surface area is 127 Å². The van der Waals surface area contributed by atoms with Crippen LogP contribution in [0, 0.1) is 5.92 Å². The van der Waals surface area contributed by atoms with Crippen molar-refractivity contribution in [2.75, 3.05) is 13.1 Å². The van der Waals surface area contributed by atoms with Gasteiger partial charge in [-0.05, 0) is 31.7 Å².